The number of carbonyl (C=O) groups is 5. The van der Waals surface area contributed by atoms with E-state index in [1.807, 2.05) is 0 Å². The summed E-state index contributed by atoms with van der Waals surface area (Å²) in [6.07, 6.45) is 7.23. The second kappa shape index (κ2) is 11.6. The topological polar surface area (TPSA) is 91.8 Å². The van der Waals surface area contributed by atoms with Crippen LogP contribution in [0.2, 0.25) is 0 Å². The highest BCUT2D eigenvalue weighted by atomic mass is 16.2. The Bertz CT molecular complexity index is 1190. The van der Waals surface area contributed by atoms with Crippen LogP contribution in [-0.4, -0.2) is 78.0 Å². The number of ketones is 5. The largest absolute Gasteiger partial charge is 0.303 e. The van der Waals surface area contributed by atoms with Gasteiger partial charge in [0.25, 0.3) is 0 Å². The molecule has 2 aliphatic heterocycles. The van der Waals surface area contributed by atoms with E-state index in [2.05, 4.69) is 9.80 Å². The van der Waals surface area contributed by atoms with Crippen LogP contribution in [0.1, 0.15) is 88.0 Å². The maximum Gasteiger partial charge on any atom is 0.228 e. The van der Waals surface area contributed by atoms with Crippen LogP contribution in [0.5, 0.6) is 0 Å². The van der Waals surface area contributed by atoms with Crippen LogP contribution in [0.25, 0.3) is 11.1 Å². The van der Waals surface area contributed by atoms with Crippen LogP contribution in [0.4, 0.5) is 0 Å². The molecular formula is C31H34N2O5. The molecule has 2 aromatic carbocycles. The molecule has 0 radical (unpaired) electrons. The van der Waals surface area contributed by atoms with Crippen molar-refractivity contribution in [3.05, 3.63) is 58.7 Å². The minimum absolute atomic E-state index is 0.168. The Morgan fingerprint density at radius 2 is 0.947 bits per heavy atom. The number of carbonyl (C=O) groups excluding carboxylic acids is 5. The third-order valence-electron chi connectivity index (χ3n) is 8.06. The Balaban J connectivity index is 1.25. The summed E-state index contributed by atoms with van der Waals surface area (Å²) in [4.78, 5) is 68.5. The lowest BCUT2D eigenvalue weighted by atomic mass is 9.98. The predicted octanol–water partition coefficient (Wildman–Crippen LogP) is 4.15. The van der Waals surface area contributed by atoms with Gasteiger partial charge in [-0.25, -0.2) is 0 Å². The van der Waals surface area contributed by atoms with Gasteiger partial charge in [-0.2, -0.15) is 0 Å². The van der Waals surface area contributed by atoms with E-state index in [0.29, 0.717) is 35.3 Å². The van der Waals surface area contributed by atoms with Crippen molar-refractivity contribution in [3.63, 3.8) is 0 Å². The number of Topliss-reactive ketones (excluding diaryl/α,β-unsaturated/α-hetero) is 4. The van der Waals surface area contributed by atoms with E-state index >= 15 is 0 Å². The first kappa shape index (κ1) is 26.3. The van der Waals surface area contributed by atoms with Crippen LogP contribution >= 0.6 is 0 Å². The number of fused-ring (bicyclic) bond motifs is 3. The highest BCUT2D eigenvalue weighted by Gasteiger charge is 2.30. The molecule has 5 rings (SSSR count). The number of hydrogen-bond acceptors (Lipinski definition) is 7. The van der Waals surface area contributed by atoms with E-state index in [0.717, 1.165) is 51.9 Å². The summed E-state index contributed by atoms with van der Waals surface area (Å²) in [6, 6.07) is 9.54. The molecule has 2 heterocycles. The zero-order chi connectivity index (χ0) is 26.6. The Labute approximate surface area is 223 Å². The van der Waals surface area contributed by atoms with Crippen LogP contribution in [0.3, 0.4) is 0 Å². The smallest absolute Gasteiger partial charge is 0.228 e. The minimum atomic E-state index is -0.580. The van der Waals surface area contributed by atoms with Gasteiger partial charge in [0.05, 0.1) is 0 Å². The van der Waals surface area contributed by atoms with Crippen molar-refractivity contribution in [1.29, 1.82) is 0 Å². The third kappa shape index (κ3) is 5.59. The Kier molecular flexibility index (Phi) is 8.05. The summed E-state index contributed by atoms with van der Waals surface area (Å²) in [5, 5.41) is 0. The lowest BCUT2D eigenvalue weighted by Crippen LogP contribution is -2.32. The van der Waals surface area contributed by atoms with Crippen LogP contribution in [0, 0.1) is 0 Å². The van der Waals surface area contributed by atoms with E-state index in [-0.39, 0.29) is 29.8 Å². The fourth-order valence-electron chi connectivity index (χ4n) is 5.80. The number of hydrogen-bond donors (Lipinski definition) is 0. The lowest BCUT2D eigenvalue weighted by Gasteiger charge is -2.25. The molecule has 7 nitrogen and oxygen atoms in total. The highest BCUT2D eigenvalue weighted by Crippen LogP contribution is 2.37. The van der Waals surface area contributed by atoms with Gasteiger partial charge >= 0.3 is 0 Å². The summed E-state index contributed by atoms with van der Waals surface area (Å²) in [7, 11) is 0. The lowest BCUT2D eigenvalue weighted by molar-refractivity contribution is -0.116. The number of piperidine rings is 2. The molecule has 198 valence electrons. The average Bonchev–Trinajstić information content (AvgIpc) is 3.25. The number of benzene rings is 2. The molecule has 2 fully saturated rings. The van der Waals surface area contributed by atoms with Crippen molar-refractivity contribution in [2.45, 2.75) is 51.4 Å². The van der Waals surface area contributed by atoms with Crippen molar-refractivity contribution in [1.82, 2.24) is 9.80 Å². The molecule has 0 N–H and O–H groups in total. The van der Waals surface area contributed by atoms with Gasteiger partial charge in [-0.15, -0.1) is 0 Å². The summed E-state index contributed by atoms with van der Waals surface area (Å²) in [5.41, 5.74) is 2.43. The molecule has 2 saturated heterocycles. The first-order valence-corrected chi connectivity index (χ1v) is 13.9. The standard InChI is InChI=1S/C31H34N2O5/c34-27(11-17-32-13-3-1-4-14-32)29(36)21-7-9-23-24-10-8-22(20-26(24)31(38)25(23)19-21)30(37)28(35)12-18-33-15-5-2-6-16-33/h7-10,19-20H,1-6,11-18H2. The van der Waals surface area contributed by atoms with Gasteiger partial charge in [-0.1, -0.05) is 37.1 Å². The predicted molar refractivity (Wildman–Crippen MR) is 144 cm³/mol. The van der Waals surface area contributed by atoms with Gasteiger partial charge < -0.3 is 9.80 Å². The summed E-state index contributed by atoms with van der Waals surface area (Å²) in [6.45, 7) is 4.99. The van der Waals surface area contributed by atoms with Crippen LogP contribution in [-0.2, 0) is 9.59 Å². The van der Waals surface area contributed by atoms with Gasteiger partial charge in [0, 0.05) is 48.2 Å². The van der Waals surface area contributed by atoms with E-state index in [4.69, 9.17) is 0 Å². The van der Waals surface area contributed by atoms with Crippen molar-refractivity contribution < 1.29 is 24.0 Å². The van der Waals surface area contributed by atoms with Crippen LogP contribution < -0.4 is 0 Å². The van der Waals surface area contributed by atoms with Gasteiger partial charge in [0.2, 0.25) is 23.1 Å². The molecule has 7 heteroatoms. The van der Waals surface area contributed by atoms with E-state index < -0.39 is 23.1 Å². The fraction of sp³-hybridized carbons (Fsp3) is 0.452. The summed E-state index contributed by atoms with van der Waals surface area (Å²) < 4.78 is 0. The zero-order valence-electron chi connectivity index (χ0n) is 21.8. The molecule has 0 atom stereocenters. The quantitative estimate of drug-likeness (QED) is 0.296. The summed E-state index contributed by atoms with van der Waals surface area (Å²) >= 11 is 0. The van der Waals surface area contributed by atoms with Crippen molar-refractivity contribution in [3.8, 4) is 11.1 Å². The Morgan fingerprint density at radius 1 is 0.553 bits per heavy atom. The SMILES string of the molecule is O=C(CCN1CCCCC1)C(=O)c1ccc2c(c1)C(=O)c1cc(C(=O)C(=O)CCN3CCCCC3)ccc1-2. The number of likely N-dealkylation sites (tertiary alicyclic amines) is 2. The monoisotopic (exact) mass is 514 g/mol. The van der Waals surface area contributed by atoms with Crippen molar-refractivity contribution in [2.24, 2.45) is 0 Å². The molecule has 0 bridgehead atoms. The van der Waals surface area contributed by atoms with Gasteiger partial charge in [0.1, 0.15) is 0 Å². The maximum atomic E-state index is 13.2. The van der Waals surface area contributed by atoms with E-state index in [1.54, 1.807) is 24.3 Å². The molecule has 0 amide bonds. The van der Waals surface area contributed by atoms with Crippen LogP contribution in [0.15, 0.2) is 36.4 Å². The van der Waals surface area contributed by atoms with Crippen molar-refractivity contribution >= 4 is 28.9 Å². The van der Waals surface area contributed by atoms with Gasteiger partial charge in [0.15, 0.2) is 5.78 Å². The first-order valence-electron chi connectivity index (χ1n) is 13.9. The second-order valence-corrected chi connectivity index (χ2v) is 10.7. The number of rotatable bonds is 10. The molecule has 2 aromatic rings. The van der Waals surface area contributed by atoms with E-state index in [1.165, 1.54) is 25.0 Å². The molecule has 38 heavy (non-hydrogen) atoms. The highest BCUT2D eigenvalue weighted by molar-refractivity contribution is 6.45. The number of nitrogens with zero attached hydrogens (tertiary/aromatic N) is 2. The third-order valence-corrected chi connectivity index (χ3v) is 8.06. The minimum Gasteiger partial charge on any atom is -0.303 e. The molecule has 3 aliphatic rings. The first-order chi connectivity index (χ1) is 18.4. The van der Waals surface area contributed by atoms with Crippen molar-refractivity contribution in [2.75, 3.05) is 39.3 Å². The maximum absolute atomic E-state index is 13.2. The molecule has 0 saturated carbocycles. The summed E-state index contributed by atoms with van der Waals surface area (Å²) in [5.74, 6) is -2.36. The van der Waals surface area contributed by atoms with E-state index in [9.17, 15) is 24.0 Å². The molecule has 1 aliphatic carbocycles. The molecule has 0 aromatic heterocycles. The van der Waals surface area contributed by atoms with Gasteiger partial charge in [-0.3, -0.25) is 24.0 Å². The Morgan fingerprint density at radius 3 is 1.34 bits per heavy atom. The molecule has 0 unspecified atom stereocenters. The fourth-order valence-corrected chi connectivity index (χ4v) is 5.80. The average molecular weight is 515 g/mol. The Hall–Kier alpha value is -3.29. The zero-order valence-corrected chi connectivity index (χ0v) is 21.8. The van der Waals surface area contributed by atoms with Gasteiger partial charge in [-0.05, 0) is 75.1 Å². The normalized spacial score (nSPS) is 17.6. The second-order valence-electron chi connectivity index (χ2n) is 10.7. The molecular weight excluding hydrogens is 480 g/mol. The molecule has 0 spiro atoms.